The summed E-state index contributed by atoms with van der Waals surface area (Å²) in [6, 6.07) is 16.9. The third-order valence-electron chi connectivity index (χ3n) is 2.72. The van der Waals surface area contributed by atoms with E-state index in [1.807, 2.05) is 57.2 Å². The molecule has 0 saturated heterocycles. The second-order valence-corrected chi connectivity index (χ2v) is 5.80. The minimum atomic E-state index is -0.502. The summed E-state index contributed by atoms with van der Waals surface area (Å²) in [5.41, 5.74) is 1.08. The Hall–Kier alpha value is -2.29. The van der Waals surface area contributed by atoms with Crippen molar-refractivity contribution in [3.8, 4) is 5.75 Å². The maximum absolute atomic E-state index is 12.0. The van der Waals surface area contributed by atoms with E-state index in [0.717, 1.165) is 5.56 Å². The van der Waals surface area contributed by atoms with Gasteiger partial charge in [-0.15, -0.1) is 0 Å². The van der Waals surface area contributed by atoms with Crippen LogP contribution in [-0.2, 0) is 11.3 Å². The molecule has 0 heterocycles. The van der Waals surface area contributed by atoms with Gasteiger partial charge in [-0.05, 0) is 44.5 Å². The van der Waals surface area contributed by atoms with Crippen molar-refractivity contribution in [2.45, 2.75) is 33.0 Å². The number of rotatable bonds is 4. The predicted molar refractivity (Wildman–Crippen MR) is 82.4 cm³/mol. The van der Waals surface area contributed by atoms with Crippen LogP contribution in [0.15, 0.2) is 54.6 Å². The normalized spacial score (nSPS) is 11.0. The highest BCUT2D eigenvalue weighted by Crippen LogP contribution is 2.18. The van der Waals surface area contributed by atoms with Crippen LogP contribution in [-0.4, -0.2) is 11.6 Å². The fourth-order valence-corrected chi connectivity index (χ4v) is 1.79. The summed E-state index contributed by atoms with van der Waals surface area (Å²) in [4.78, 5) is 12.0. The summed E-state index contributed by atoms with van der Waals surface area (Å²) >= 11 is 0. The molecule has 3 heteroatoms. The minimum Gasteiger partial charge on any atom is -0.489 e. The minimum absolute atomic E-state index is 0.340. The molecule has 3 nitrogen and oxygen atoms in total. The lowest BCUT2D eigenvalue weighted by Crippen LogP contribution is -2.23. The van der Waals surface area contributed by atoms with E-state index in [4.69, 9.17) is 9.47 Å². The fourth-order valence-electron chi connectivity index (χ4n) is 1.79. The van der Waals surface area contributed by atoms with Gasteiger partial charge in [-0.2, -0.15) is 0 Å². The molecule has 0 bridgehead atoms. The van der Waals surface area contributed by atoms with Gasteiger partial charge in [0.15, 0.2) is 0 Å². The monoisotopic (exact) mass is 284 g/mol. The van der Waals surface area contributed by atoms with Crippen molar-refractivity contribution >= 4 is 5.97 Å². The van der Waals surface area contributed by atoms with Gasteiger partial charge in [0.1, 0.15) is 18.0 Å². The largest absolute Gasteiger partial charge is 0.489 e. The summed E-state index contributed by atoms with van der Waals surface area (Å²) < 4.78 is 11.1. The van der Waals surface area contributed by atoms with Crippen LogP contribution in [0.3, 0.4) is 0 Å². The van der Waals surface area contributed by atoms with Crippen molar-refractivity contribution in [2.24, 2.45) is 0 Å². The Labute approximate surface area is 125 Å². The zero-order chi connectivity index (χ0) is 15.3. The third-order valence-corrected chi connectivity index (χ3v) is 2.72. The molecule has 0 fully saturated rings. The first kappa shape index (κ1) is 15.1. The van der Waals surface area contributed by atoms with Crippen LogP contribution < -0.4 is 4.74 Å². The number of hydrogen-bond donors (Lipinski definition) is 0. The van der Waals surface area contributed by atoms with Crippen molar-refractivity contribution < 1.29 is 14.3 Å². The Balaban J connectivity index is 2.02. The molecule has 0 spiro atoms. The second-order valence-electron chi connectivity index (χ2n) is 5.80. The van der Waals surface area contributed by atoms with E-state index in [2.05, 4.69) is 0 Å². The highest BCUT2D eigenvalue weighted by atomic mass is 16.6. The quantitative estimate of drug-likeness (QED) is 0.788. The summed E-state index contributed by atoms with van der Waals surface area (Å²) in [5.74, 6) is 0.315. The van der Waals surface area contributed by atoms with Gasteiger partial charge in [0, 0.05) is 0 Å². The van der Waals surface area contributed by atoms with Gasteiger partial charge in [-0.1, -0.05) is 36.4 Å². The number of ether oxygens (including phenoxy) is 2. The zero-order valence-electron chi connectivity index (χ0n) is 12.6. The summed E-state index contributed by atoms with van der Waals surface area (Å²) in [7, 11) is 0. The Bertz CT molecular complexity index is 597. The van der Waals surface area contributed by atoms with Crippen molar-refractivity contribution in [2.75, 3.05) is 0 Å². The first-order valence-electron chi connectivity index (χ1n) is 6.94. The van der Waals surface area contributed by atoms with Gasteiger partial charge in [-0.25, -0.2) is 4.79 Å². The lowest BCUT2D eigenvalue weighted by molar-refractivity contribution is 0.00691. The van der Waals surface area contributed by atoms with Crippen molar-refractivity contribution in [1.82, 2.24) is 0 Å². The van der Waals surface area contributed by atoms with Crippen molar-refractivity contribution in [1.29, 1.82) is 0 Å². The van der Waals surface area contributed by atoms with E-state index in [1.165, 1.54) is 0 Å². The van der Waals surface area contributed by atoms with E-state index in [-0.39, 0.29) is 5.97 Å². The van der Waals surface area contributed by atoms with Gasteiger partial charge in [0.2, 0.25) is 0 Å². The Morgan fingerprint density at radius 3 is 2.38 bits per heavy atom. The van der Waals surface area contributed by atoms with Crippen LogP contribution in [0.4, 0.5) is 0 Å². The molecule has 110 valence electrons. The van der Waals surface area contributed by atoms with Gasteiger partial charge in [-0.3, -0.25) is 0 Å². The molecule has 2 aromatic rings. The lowest BCUT2D eigenvalue weighted by Gasteiger charge is -2.19. The van der Waals surface area contributed by atoms with Crippen molar-refractivity contribution in [3.05, 3.63) is 65.7 Å². The van der Waals surface area contributed by atoms with E-state index < -0.39 is 5.60 Å². The molecule has 0 aliphatic rings. The van der Waals surface area contributed by atoms with E-state index >= 15 is 0 Å². The Kier molecular flexibility index (Phi) is 4.63. The molecule has 0 amide bonds. The van der Waals surface area contributed by atoms with Crippen LogP contribution >= 0.6 is 0 Å². The Morgan fingerprint density at radius 1 is 1.00 bits per heavy atom. The number of esters is 1. The summed E-state index contributed by atoms with van der Waals surface area (Å²) in [6.07, 6.45) is 0. The van der Waals surface area contributed by atoms with Crippen LogP contribution in [0.1, 0.15) is 36.7 Å². The van der Waals surface area contributed by atoms with Gasteiger partial charge in [0.05, 0.1) is 5.56 Å². The maximum Gasteiger partial charge on any atom is 0.338 e. The average molecular weight is 284 g/mol. The smallest absolute Gasteiger partial charge is 0.338 e. The fraction of sp³-hybridized carbons (Fsp3) is 0.278. The van der Waals surface area contributed by atoms with Crippen LogP contribution in [0.5, 0.6) is 5.75 Å². The molecule has 21 heavy (non-hydrogen) atoms. The van der Waals surface area contributed by atoms with Crippen LogP contribution in [0.25, 0.3) is 0 Å². The molecule has 0 aliphatic carbocycles. The molecule has 0 aliphatic heterocycles. The standard InChI is InChI=1S/C18H20O3/c1-18(2,3)21-17(19)15-10-7-11-16(12-15)20-13-14-8-5-4-6-9-14/h4-12H,13H2,1-3H3. The molecular formula is C18H20O3. The Morgan fingerprint density at radius 2 is 1.71 bits per heavy atom. The molecule has 0 saturated carbocycles. The van der Waals surface area contributed by atoms with Gasteiger partial charge >= 0.3 is 5.97 Å². The summed E-state index contributed by atoms with van der Waals surface area (Å²) in [5, 5.41) is 0. The first-order chi connectivity index (χ1) is 9.94. The number of carbonyl (C=O) groups is 1. The van der Waals surface area contributed by atoms with E-state index in [9.17, 15) is 4.79 Å². The molecule has 0 unspecified atom stereocenters. The third kappa shape index (κ3) is 4.95. The highest BCUT2D eigenvalue weighted by Gasteiger charge is 2.18. The van der Waals surface area contributed by atoms with Crippen molar-refractivity contribution in [3.63, 3.8) is 0 Å². The topological polar surface area (TPSA) is 35.5 Å². The predicted octanol–water partition coefficient (Wildman–Crippen LogP) is 4.22. The number of carbonyl (C=O) groups excluding carboxylic acids is 1. The van der Waals surface area contributed by atoms with Crippen LogP contribution in [0.2, 0.25) is 0 Å². The number of hydrogen-bond acceptors (Lipinski definition) is 3. The van der Waals surface area contributed by atoms with Crippen LogP contribution in [0, 0.1) is 0 Å². The zero-order valence-corrected chi connectivity index (χ0v) is 12.6. The molecule has 0 aromatic heterocycles. The first-order valence-corrected chi connectivity index (χ1v) is 6.94. The average Bonchev–Trinajstić information content (AvgIpc) is 2.45. The molecule has 0 radical (unpaired) electrons. The maximum atomic E-state index is 12.0. The molecule has 0 atom stereocenters. The lowest BCUT2D eigenvalue weighted by atomic mass is 10.1. The molecule has 0 N–H and O–H groups in total. The second kappa shape index (κ2) is 6.44. The summed E-state index contributed by atoms with van der Waals surface area (Å²) in [6.45, 7) is 6.01. The van der Waals surface area contributed by atoms with Gasteiger partial charge < -0.3 is 9.47 Å². The van der Waals surface area contributed by atoms with E-state index in [0.29, 0.717) is 17.9 Å². The number of benzene rings is 2. The SMILES string of the molecule is CC(C)(C)OC(=O)c1cccc(OCc2ccccc2)c1. The highest BCUT2D eigenvalue weighted by molar-refractivity contribution is 5.90. The molecule has 2 rings (SSSR count). The van der Waals surface area contributed by atoms with E-state index in [1.54, 1.807) is 18.2 Å². The van der Waals surface area contributed by atoms with Gasteiger partial charge in [0.25, 0.3) is 0 Å². The molecular weight excluding hydrogens is 264 g/mol. The molecule has 2 aromatic carbocycles.